The van der Waals surface area contributed by atoms with E-state index in [1.54, 1.807) is 0 Å². The first kappa shape index (κ1) is 16.2. The summed E-state index contributed by atoms with van der Waals surface area (Å²) in [7, 11) is -2.43. The zero-order valence-corrected chi connectivity index (χ0v) is 13.5. The van der Waals surface area contributed by atoms with E-state index in [2.05, 4.69) is 6.92 Å². The summed E-state index contributed by atoms with van der Waals surface area (Å²) in [5.41, 5.74) is 0.522. The predicted octanol–water partition coefficient (Wildman–Crippen LogP) is 4.01. The van der Waals surface area contributed by atoms with Crippen LogP contribution in [-0.2, 0) is 13.3 Å². The SMILES string of the molecule is CCCC1CCC([Si](OCC)(OCC)OCC)C1. The van der Waals surface area contributed by atoms with Gasteiger partial charge in [-0.15, -0.1) is 0 Å². The van der Waals surface area contributed by atoms with E-state index >= 15 is 0 Å². The molecule has 1 aliphatic rings. The Hall–Kier alpha value is 0.0969. The first-order chi connectivity index (χ1) is 8.72. The molecule has 0 heterocycles. The molecule has 0 aliphatic heterocycles. The van der Waals surface area contributed by atoms with E-state index in [9.17, 15) is 0 Å². The second kappa shape index (κ2) is 8.30. The van der Waals surface area contributed by atoms with E-state index < -0.39 is 8.80 Å². The van der Waals surface area contributed by atoms with Gasteiger partial charge in [-0.05, 0) is 39.5 Å². The minimum absolute atomic E-state index is 0.522. The minimum atomic E-state index is -2.43. The molecule has 0 aromatic carbocycles. The second-order valence-electron chi connectivity index (χ2n) is 5.07. The maximum Gasteiger partial charge on any atom is 0.504 e. The smallest absolute Gasteiger partial charge is 0.374 e. The van der Waals surface area contributed by atoms with Gasteiger partial charge in [-0.2, -0.15) is 0 Å². The van der Waals surface area contributed by atoms with Gasteiger partial charge >= 0.3 is 8.80 Å². The Bertz CT molecular complexity index is 206. The molecule has 0 saturated heterocycles. The molecule has 0 spiro atoms. The molecule has 0 bridgehead atoms. The van der Waals surface area contributed by atoms with Crippen LogP contribution in [0, 0.1) is 5.92 Å². The Kier molecular flexibility index (Phi) is 7.45. The Morgan fingerprint density at radius 2 is 1.44 bits per heavy atom. The molecule has 2 unspecified atom stereocenters. The Morgan fingerprint density at radius 1 is 0.889 bits per heavy atom. The average Bonchev–Trinajstić information content (AvgIpc) is 2.79. The highest BCUT2D eigenvalue weighted by Gasteiger charge is 2.51. The summed E-state index contributed by atoms with van der Waals surface area (Å²) in [5.74, 6) is 0.855. The van der Waals surface area contributed by atoms with Gasteiger partial charge in [0.2, 0.25) is 0 Å². The lowest BCUT2D eigenvalue weighted by molar-refractivity contribution is 0.0607. The summed E-state index contributed by atoms with van der Waals surface area (Å²) in [4.78, 5) is 0. The van der Waals surface area contributed by atoms with Crippen LogP contribution in [-0.4, -0.2) is 28.6 Å². The third kappa shape index (κ3) is 4.05. The van der Waals surface area contributed by atoms with Crippen molar-refractivity contribution in [2.75, 3.05) is 19.8 Å². The van der Waals surface area contributed by atoms with Crippen LogP contribution in [0.3, 0.4) is 0 Å². The molecule has 4 heteroatoms. The maximum absolute atomic E-state index is 6.02. The van der Waals surface area contributed by atoms with Crippen molar-refractivity contribution < 1.29 is 13.3 Å². The van der Waals surface area contributed by atoms with Crippen LogP contribution in [0.25, 0.3) is 0 Å². The lowest BCUT2D eigenvalue weighted by atomic mass is 10.0. The van der Waals surface area contributed by atoms with Crippen molar-refractivity contribution in [2.24, 2.45) is 5.92 Å². The van der Waals surface area contributed by atoms with Crippen molar-refractivity contribution in [3.05, 3.63) is 0 Å². The van der Waals surface area contributed by atoms with E-state index in [1.807, 2.05) is 20.8 Å². The van der Waals surface area contributed by atoms with Crippen LogP contribution in [0.2, 0.25) is 5.54 Å². The average molecular weight is 274 g/mol. The lowest BCUT2D eigenvalue weighted by Crippen LogP contribution is -2.49. The van der Waals surface area contributed by atoms with Gasteiger partial charge in [0, 0.05) is 25.4 Å². The van der Waals surface area contributed by atoms with Gasteiger partial charge in [-0.3, -0.25) is 0 Å². The molecule has 0 aromatic heterocycles. The van der Waals surface area contributed by atoms with Crippen molar-refractivity contribution in [1.82, 2.24) is 0 Å². The van der Waals surface area contributed by atoms with E-state index in [0.717, 1.165) is 5.92 Å². The van der Waals surface area contributed by atoms with E-state index in [0.29, 0.717) is 25.4 Å². The molecule has 1 saturated carbocycles. The van der Waals surface area contributed by atoms with Crippen LogP contribution in [0.1, 0.15) is 59.8 Å². The predicted molar refractivity (Wildman–Crippen MR) is 76.6 cm³/mol. The van der Waals surface area contributed by atoms with Gasteiger partial charge in [0.1, 0.15) is 0 Å². The zero-order chi connectivity index (χ0) is 13.4. The monoisotopic (exact) mass is 274 g/mol. The Balaban J connectivity index is 2.69. The van der Waals surface area contributed by atoms with Gasteiger partial charge in [-0.1, -0.05) is 26.2 Å². The highest BCUT2D eigenvalue weighted by atomic mass is 28.4. The standard InChI is InChI=1S/C14H30O3Si/c1-5-9-13-10-11-14(12-13)18(15-6-2,16-7-3)17-8-4/h13-14H,5-12H2,1-4H3. The maximum atomic E-state index is 6.02. The van der Waals surface area contributed by atoms with Crippen molar-refractivity contribution in [3.63, 3.8) is 0 Å². The van der Waals surface area contributed by atoms with Gasteiger partial charge in [-0.25, -0.2) is 0 Å². The summed E-state index contributed by atoms with van der Waals surface area (Å²) in [5, 5.41) is 0. The van der Waals surface area contributed by atoms with Gasteiger partial charge in [0.15, 0.2) is 0 Å². The molecule has 0 amide bonds. The molecular formula is C14H30O3Si. The van der Waals surface area contributed by atoms with Gasteiger partial charge < -0.3 is 13.3 Å². The van der Waals surface area contributed by atoms with Gasteiger partial charge in [0.25, 0.3) is 0 Å². The molecule has 2 atom stereocenters. The summed E-state index contributed by atoms with van der Waals surface area (Å²) in [6.45, 7) is 10.5. The van der Waals surface area contributed by atoms with Crippen molar-refractivity contribution in [1.29, 1.82) is 0 Å². The summed E-state index contributed by atoms with van der Waals surface area (Å²) in [6, 6.07) is 0. The summed E-state index contributed by atoms with van der Waals surface area (Å²) in [6.07, 6.45) is 6.40. The fourth-order valence-electron chi connectivity index (χ4n) is 3.15. The Labute approximate surface area is 114 Å². The highest BCUT2D eigenvalue weighted by molar-refractivity contribution is 6.62. The van der Waals surface area contributed by atoms with Crippen LogP contribution in [0.15, 0.2) is 0 Å². The molecule has 18 heavy (non-hydrogen) atoms. The Morgan fingerprint density at radius 3 is 1.89 bits per heavy atom. The van der Waals surface area contributed by atoms with E-state index in [1.165, 1.54) is 32.1 Å². The minimum Gasteiger partial charge on any atom is -0.374 e. The van der Waals surface area contributed by atoms with E-state index in [-0.39, 0.29) is 0 Å². The molecule has 0 radical (unpaired) electrons. The quantitative estimate of drug-likeness (QED) is 0.595. The van der Waals surface area contributed by atoms with Crippen molar-refractivity contribution in [2.45, 2.75) is 65.3 Å². The fraction of sp³-hybridized carbons (Fsp3) is 1.00. The summed E-state index contributed by atoms with van der Waals surface area (Å²) >= 11 is 0. The lowest BCUT2D eigenvalue weighted by Gasteiger charge is -2.33. The van der Waals surface area contributed by atoms with Crippen molar-refractivity contribution >= 4 is 8.80 Å². The molecule has 1 rings (SSSR count). The second-order valence-corrected chi connectivity index (χ2v) is 7.96. The first-order valence-electron chi connectivity index (χ1n) is 7.64. The summed E-state index contributed by atoms with van der Waals surface area (Å²) < 4.78 is 18.0. The van der Waals surface area contributed by atoms with Crippen LogP contribution in [0.5, 0.6) is 0 Å². The molecule has 1 fully saturated rings. The van der Waals surface area contributed by atoms with E-state index in [4.69, 9.17) is 13.3 Å². The van der Waals surface area contributed by atoms with Crippen LogP contribution >= 0.6 is 0 Å². The zero-order valence-electron chi connectivity index (χ0n) is 12.5. The largest absolute Gasteiger partial charge is 0.504 e. The first-order valence-corrected chi connectivity index (χ1v) is 9.44. The molecule has 1 aliphatic carbocycles. The van der Waals surface area contributed by atoms with Gasteiger partial charge in [0.05, 0.1) is 0 Å². The molecular weight excluding hydrogens is 244 g/mol. The topological polar surface area (TPSA) is 27.7 Å². The fourth-order valence-corrected chi connectivity index (χ4v) is 6.46. The highest BCUT2D eigenvalue weighted by Crippen LogP contribution is 2.44. The normalized spacial score (nSPS) is 24.7. The number of rotatable bonds is 9. The molecule has 0 N–H and O–H groups in total. The molecule has 3 nitrogen and oxygen atoms in total. The van der Waals surface area contributed by atoms with Crippen molar-refractivity contribution in [3.8, 4) is 0 Å². The number of hydrogen-bond acceptors (Lipinski definition) is 3. The van der Waals surface area contributed by atoms with Crippen LogP contribution < -0.4 is 0 Å². The third-order valence-electron chi connectivity index (χ3n) is 3.77. The number of hydrogen-bond donors (Lipinski definition) is 0. The molecule has 108 valence electrons. The molecule has 0 aromatic rings. The third-order valence-corrected chi connectivity index (χ3v) is 7.37. The van der Waals surface area contributed by atoms with Crippen LogP contribution in [0.4, 0.5) is 0 Å².